The Morgan fingerprint density at radius 2 is 2.20 bits per heavy atom. The second kappa shape index (κ2) is 5.14. The highest BCUT2D eigenvalue weighted by atomic mass is 16.1. The van der Waals surface area contributed by atoms with Gasteiger partial charge in [-0.2, -0.15) is 0 Å². The largest absolute Gasteiger partial charge is 0.372 e. The molecule has 0 radical (unpaired) electrons. The summed E-state index contributed by atoms with van der Waals surface area (Å²) in [7, 11) is 1.76. The second-order valence-electron chi connectivity index (χ2n) is 3.26. The summed E-state index contributed by atoms with van der Waals surface area (Å²) >= 11 is 0. The number of carbonyl (C=O) groups is 1. The van der Waals surface area contributed by atoms with Crippen LogP contribution in [0.3, 0.4) is 0 Å². The Hall–Kier alpha value is -1.85. The maximum Gasteiger partial charge on any atom is 0.219 e. The molecule has 0 aliphatic carbocycles. The number of hydrogen-bond donors (Lipinski definition) is 3. The number of nitrogens with one attached hydrogen (secondary N) is 2. The van der Waals surface area contributed by atoms with Crippen molar-refractivity contribution in [1.82, 2.24) is 9.97 Å². The van der Waals surface area contributed by atoms with E-state index in [0.717, 1.165) is 0 Å². The van der Waals surface area contributed by atoms with Gasteiger partial charge in [-0.05, 0) is 6.92 Å². The first-order chi connectivity index (χ1) is 7.11. The van der Waals surface area contributed by atoms with Crippen LogP contribution in [-0.2, 0) is 4.79 Å². The fraction of sp³-hybridized carbons (Fsp3) is 0.444. The fourth-order valence-corrected chi connectivity index (χ4v) is 1.16. The first-order valence-electron chi connectivity index (χ1n) is 4.66. The van der Waals surface area contributed by atoms with Gasteiger partial charge in [-0.1, -0.05) is 0 Å². The Morgan fingerprint density at radius 1 is 1.53 bits per heavy atom. The van der Waals surface area contributed by atoms with E-state index in [0.29, 0.717) is 11.6 Å². The zero-order valence-electron chi connectivity index (χ0n) is 8.82. The summed E-state index contributed by atoms with van der Waals surface area (Å²) in [6, 6.07) is -0.0519. The number of amides is 1. The summed E-state index contributed by atoms with van der Waals surface area (Å²) in [6.07, 6.45) is 3.48. The number of carbonyl (C=O) groups excluding carboxylic acids is 1. The highest BCUT2D eigenvalue weighted by molar-refractivity contribution is 5.74. The number of primary amides is 1. The molecule has 0 fully saturated rings. The van der Waals surface area contributed by atoms with Gasteiger partial charge in [0, 0.05) is 19.5 Å². The van der Waals surface area contributed by atoms with Crippen LogP contribution in [0.4, 0.5) is 11.6 Å². The summed E-state index contributed by atoms with van der Waals surface area (Å²) in [5.41, 5.74) is 5.08. The second-order valence-corrected chi connectivity index (χ2v) is 3.26. The normalized spacial score (nSPS) is 11.9. The predicted molar refractivity (Wildman–Crippen MR) is 58.5 cm³/mol. The minimum absolute atomic E-state index is 0.0519. The molecule has 6 heteroatoms. The monoisotopic (exact) mass is 209 g/mol. The average molecular weight is 209 g/mol. The highest BCUT2D eigenvalue weighted by Crippen LogP contribution is 2.07. The number of nitrogens with zero attached hydrogens (tertiary/aromatic N) is 2. The number of anilines is 2. The molecule has 1 heterocycles. The predicted octanol–water partition coefficient (Wildman–Crippen LogP) is 0.194. The molecule has 4 N–H and O–H groups in total. The van der Waals surface area contributed by atoms with E-state index in [2.05, 4.69) is 20.6 Å². The quantitative estimate of drug-likeness (QED) is 0.644. The molecule has 0 aliphatic rings. The molecule has 1 rings (SSSR count). The van der Waals surface area contributed by atoms with E-state index < -0.39 is 0 Å². The Morgan fingerprint density at radius 3 is 2.80 bits per heavy atom. The van der Waals surface area contributed by atoms with Crippen LogP contribution in [0.25, 0.3) is 0 Å². The lowest BCUT2D eigenvalue weighted by atomic mass is 10.2. The zero-order chi connectivity index (χ0) is 11.3. The van der Waals surface area contributed by atoms with Crippen molar-refractivity contribution in [2.45, 2.75) is 19.4 Å². The molecule has 6 nitrogen and oxygen atoms in total. The summed E-state index contributed by atoms with van der Waals surface area (Å²) in [6.45, 7) is 1.86. The van der Waals surface area contributed by atoms with Crippen molar-refractivity contribution in [2.24, 2.45) is 5.73 Å². The molecule has 0 aliphatic heterocycles. The van der Waals surface area contributed by atoms with Crippen LogP contribution in [0, 0.1) is 0 Å². The van der Waals surface area contributed by atoms with Gasteiger partial charge in [0.05, 0.1) is 12.4 Å². The molecular formula is C9H15N5O. The Balaban J connectivity index is 2.59. The van der Waals surface area contributed by atoms with Crippen molar-refractivity contribution in [3.8, 4) is 0 Å². The van der Waals surface area contributed by atoms with Crippen molar-refractivity contribution in [3.63, 3.8) is 0 Å². The van der Waals surface area contributed by atoms with Gasteiger partial charge in [0.25, 0.3) is 0 Å². The Labute approximate surface area is 88.3 Å². The molecule has 0 aromatic carbocycles. The van der Waals surface area contributed by atoms with E-state index in [-0.39, 0.29) is 18.4 Å². The lowest BCUT2D eigenvalue weighted by Gasteiger charge is -2.12. The third-order valence-electron chi connectivity index (χ3n) is 1.79. The average Bonchev–Trinajstić information content (AvgIpc) is 2.16. The number of nitrogens with two attached hydrogens (primary N) is 1. The van der Waals surface area contributed by atoms with Gasteiger partial charge < -0.3 is 16.4 Å². The Bertz CT molecular complexity index is 341. The number of hydrogen-bond acceptors (Lipinski definition) is 5. The van der Waals surface area contributed by atoms with Crippen molar-refractivity contribution in [2.75, 3.05) is 17.7 Å². The first kappa shape index (κ1) is 11.2. The van der Waals surface area contributed by atoms with Gasteiger partial charge in [-0.3, -0.25) is 9.78 Å². The molecular weight excluding hydrogens is 194 g/mol. The molecule has 1 aromatic heterocycles. The summed E-state index contributed by atoms with van der Waals surface area (Å²) in [4.78, 5) is 18.8. The van der Waals surface area contributed by atoms with E-state index in [1.807, 2.05) is 6.92 Å². The third-order valence-corrected chi connectivity index (χ3v) is 1.79. The number of aromatic nitrogens is 2. The maximum atomic E-state index is 10.7. The van der Waals surface area contributed by atoms with Crippen LogP contribution in [0.5, 0.6) is 0 Å². The molecule has 82 valence electrons. The van der Waals surface area contributed by atoms with Crippen molar-refractivity contribution in [1.29, 1.82) is 0 Å². The molecule has 0 saturated heterocycles. The topological polar surface area (TPSA) is 92.9 Å². The van der Waals surface area contributed by atoms with Gasteiger partial charge in [0.15, 0.2) is 0 Å². The number of rotatable bonds is 5. The fourth-order valence-electron chi connectivity index (χ4n) is 1.16. The van der Waals surface area contributed by atoms with E-state index in [1.165, 1.54) is 0 Å². The van der Waals surface area contributed by atoms with Crippen LogP contribution < -0.4 is 16.4 Å². The molecule has 1 atom stereocenters. The standard InChI is InChI=1S/C9H15N5O/c1-6(3-7(10)15)13-9-5-12-4-8(11-2)14-9/h4-6H,3H2,1-2H3,(H2,10,15)(H2,11,13,14). The highest BCUT2D eigenvalue weighted by Gasteiger charge is 2.06. The van der Waals surface area contributed by atoms with E-state index >= 15 is 0 Å². The van der Waals surface area contributed by atoms with Crippen molar-refractivity contribution in [3.05, 3.63) is 12.4 Å². The minimum atomic E-state index is -0.340. The molecule has 0 saturated carbocycles. The molecule has 1 amide bonds. The van der Waals surface area contributed by atoms with Crippen LogP contribution in [0.1, 0.15) is 13.3 Å². The van der Waals surface area contributed by atoms with E-state index in [4.69, 9.17) is 5.73 Å². The van der Waals surface area contributed by atoms with Crippen LogP contribution in [-0.4, -0.2) is 29.0 Å². The van der Waals surface area contributed by atoms with Crippen molar-refractivity contribution < 1.29 is 4.79 Å². The van der Waals surface area contributed by atoms with Crippen LogP contribution >= 0.6 is 0 Å². The molecule has 0 bridgehead atoms. The van der Waals surface area contributed by atoms with Gasteiger partial charge in [0.2, 0.25) is 5.91 Å². The third kappa shape index (κ3) is 3.80. The molecule has 1 aromatic rings. The maximum absolute atomic E-state index is 10.7. The van der Waals surface area contributed by atoms with E-state index in [1.54, 1.807) is 19.4 Å². The van der Waals surface area contributed by atoms with Crippen LogP contribution in [0.15, 0.2) is 12.4 Å². The van der Waals surface area contributed by atoms with Gasteiger partial charge in [0.1, 0.15) is 11.6 Å². The van der Waals surface area contributed by atoms with E-state index in [9.17, 15) is 4.79 Å². The van der Waals surface area contributed by atoms with Gasteiger partial charge >= 0.3 is 0 Å². The Kier molecular flexibility index (Phi) is 3.84. The first-order valence-corrected chi connectivity index (χ1v) is 4.66. The van der Waals surface area contributed by atoms with Gasteiger partial charge in [-0.15, -0.1) is 0 Å². The molecule has 1 unspecified atom stereocenters. The molecule has 0 spiro atoms. The van der Waals surface area contributed by atoms with Crippen molar-refractivity contribution >= 4 is 17.5 Å². The zero-order valence-corrected chi connectivity index (χ0v) is 8.82. The lowest BCUT2D eigenvalue weighted by Crippen LogP contribution is -2.24. The SMILES string of the molecule is CNc1cncc(NC(C)CC(N)=O)n1. The molecule has 15 heavy (non-hydrogen) atoms. The minimum Gasteiger partial charge on any atom is -0.372 e. The summed E-state index contributed by atoms with van der Waals surface area (Å²) in [5.74, 6) is 0.953. The van der Waals surface area contributed by atoms with Crippen LogP contribution in [0.2, 0.25) is 0 Å². The summed E-state index contributed by atoms with van der Waals surface area (Å²) < 4.78 is 0. The van der Waals surface area contributed by atoms with Gasteiger partial charge in [-0.25, -0.2) is 4.98 Å². The summed E-state index contributed by atoms with van der Waals surface area (Å²) in [5, 5.41) is 5.91. The smallest absolute Gasteiger partial charge is 0.219 e. The lowest BCUT2D eigenvalue weighted by molar-refractivity contribution is -0.118.